The van der Waals surface area contributed by atoms with Gasteiger partial charge in [0.25, 0.3) is 0 Å². The zero-order chi connectivity index (χ0) is 14.6. The molecule has 0 radical (unpaired) electrons. The maximum atomic E-state index is 11.3. The van der Waals surface area contributed by atoms with Gasteiger partial charge in [-0.2, -0.15) is 0 Å². The number of aryl methyl sites for hydroxylation is 1. The molecule has 0 bridgehead atoms. The van der Waals surface area contributed by atoms with E-state index < -0.39 is 18.2 Å². The monoisotopic (exact) mass is 268 g/mol. The molecule has 1 aromatic rings. The van der Waals surface area contributed by atoms with Crippen molar-refractivity contribution in [3.63, 3.8) is 0 Å². The summed E-state index contributed by atoms with van der Waals surface area (Å²) in [7, 11) is 0. The first-order chi connectivity index (χ1) is 8.86. The topological polar surface area (TPSA) is 119 Å². The zero-order valence-electron chi connectivity index (χ0n) is 11.1. The van der Waals surface area contributed by atoms with E-state index in [9.17, 15) is 15.0 Å². The normalized spacial score (nSPS) is 13.9. The van der Waals surface area contributed by atoms with E-state index >= 15 is 0 Å². The van der Waals surface area contributed by atoms with E-state index in [1.54, 1.807) is 19.9 Å². The number of esters is 1. The number of aliphatic hydroxyl groups excluding tert-OH is 2. The summed E-state index contributed by atoms with van der Waals surface area (Å²) in [6.45, 7) is 3.65. The average Bonchev–Trinajstić information content (AvgIpc) is 2.33. The fourth-order valence-electron chi connectivity index (χ4n) is 1.79. The molecule has 0 aliphatic carbocycles. The van der Waals surface area contributed by atoms with Crippen molar-refractivity contribution in [3.8, 4) is 0 Å². The standard InChI is InChI=1S/C13H20N2O4/c1-3-19-12(17)6-11(16)13(18)8-5-10(15)9(14)4-7(8)2/h4-5,11,13,16,18H,3,6,14-15H2,1-2H3. The van der Waals surface area contributed by atoms with E-state index in [2.05, 4.69) is 0 Å². The Morgan fingerprint density at radius 3 is 2.47 bits per heavy atom. The lowest BCUT2D eigenvalue weighted by molar-refractivity contribution is -0.147. The van der Waals surface area contributed by atoms with Gasteiger partial charge in [0.1, 0.15) is 6.10 Å². The van der Waals surface area contributed by atoms with E-state index in [1.807, 2.05) is 0 Å². The minimum absolute atomic E-state index is 0.232. The molecule has 0 saturated heterocycles. The zero-order valence-corrected chi connectivity index (χ0v) is 11.1. The largest absolute Gasteiger partial charge is 0.466 e. The lowest BCUT2D eigenvalue weighted by Gasteiger charge is -2.20. The van der Waals surface area contributed by atoms with Gasteiger partial charge < -0.3 is 26.4 Å². The van der Waals surface area contributed by atoms with Gasteiger partial charge in [0.05, 0.1) is 30.5 Å². The molecule has 6 nitrogen and oxygen atoms in total. The van der Waals surface area contributed by atoms with Crippen molar-refractivity contribution >= 4 is 17.3 Å². The first-order valence-electron chi connectivity index (χ1n) is 6.04. The number of nitrogen functional groups attached to an aromatic ring is 2. The Labute approximate surface area is 112 Å². The van der Waals surface area contributed by atoms with Crippen LogP contribution in [-0.4, -0.2) is 28.9 Å². The van der Waals surface area contributed by atoms with Gasteiger partial charge in [0, 0.05) is 0 Å². The molecule has 19 heavy (non-hydrogen) atoms. The number of rotatable bonds is 5. The van der Waals surface area contributed by atoms with Crippen molar-refractivity contribution < 1.29 is 19.7 Å². The molecule has 0 aliphatic heterocycles. The lowest BCUT2D eigenvalue weighted by atomic mass is 9.96. The highest BCUT2D eigenvalue weighted by atomic mass is 16.5. The van der Waals surface area contributed by atoms with Crippen molar-refractivity contribution in [2.24, 2.45) is 0 Å². The second kappa shape index (κ2) is 6.40. The molecule has 0 fully saturated rings. The molecule has 1 aromatic carbocycles. The molecular weight excluding hydrogens is 248 g/mol. The summed E-state index contributed by atoms with van der Waals surface area (Å²) in [5, 5.41) is 19.9. The Balaban J connectivity index is 2.85. The van der Waals surface area contributed by atoms with Crippen LogP contribution in [0.5, 0.6) is 0 Å². The van der Waals surface area contributed by atoms with Crippen LogP contribution in [0.3, 0.4) is 0 Å². The summed E-state index contributed by atoms with van der Waals surface area (Å²) in [6.07, 6.45) is -2.74. The smallest absolute Gasteiger partial charge is 0.308 e. The number of anilines is 2. The average molecular weight is 268 g/mol. The van der Waals surface area contributed by atoms with Crippen LogP contribution in [-0.2, 0) is 9.53 Å². The quantitative estimate of drug-likeness (QED) is 0.456. The van der Waals surface area contributed by atoms with Crippen molar-refractivity contribution in [1.29, 1.82) is 0 Å². The van der Waals surface area contributed by atoms with Crippen LogP contribution in [0.4, 0.5) is 11.4 Å². The van der Waals surface area contributed by atoms with Crippen LogP contribution in [0, 0.1) is 6.92 Å². The highest BCUT2D eigenvalue weighted by Crippen LogP contribution is 2.28. The molecule has 0 heterocycles. The Morgan fingerprint density at radius 1 is 1.32 bits per heavy atom. The van der Waals surface area contributed by atoms with Crippen LogP contribution in [0.25, 0.3) is 0 Å². The number of carbonyl (C=O) groups is 1. The summed E-state index contributed by atoms with van der Waals surface area (Å²) in [5.41, 5.74) is 13.2. The SMILES string of the molecule is CCOC(=O)CC(O)C(O)c1cc(N)c(N)cc1C. The van der Waals surface area contributed by atoms with Crippen molar-refractivity contribution in [2.45, 2.75) is 32.5 Å². The molecule has 2 atom stereocenters. The van der Waals surface area contributed by atoms with Gasteiger partial charge in [-0.05, 0) is 37.1 Å². The van der Waals surface area contributed by atoms with E-state index in [4.69, 9.17) is 16.2 Å². The number of ether oxygens (including phenoxy) is 1. The number of carbonyl (C=O) groups excluding carboxylic acids is 1. The Bertz CT molecular complexity index is 462. The van der Waals surface area contributed by atoms with Crippen molar-refractivity contribution in [2.75, 3.05) is 18.1 Å². The molecule has 0 saturated carbocycles. The number of nitrogens with two attached hydrogens (primary N) is 2. The highest BCUT2D eigenvalue weighted by Gasteiger charge is 2.24. The fourth-order valence-corrected chi connectivity index (χ4v) is 1.79. The molecule has 0 aliphatic rings. The molecule has 1 rings (SSSR count). The van der Waals surface area contributed by atoms with Gasteiger partial charge in [-0.1, -0.05) is 0 Å². The highest BCUT2D eigenvalue weighted by molar-refractivity contribution is 5.70. The molecule has 0 amide bonds. The first kappa shape index (κ1) is 15.3. The van der Waals surface area contributed by atoms with Crippen LogP contribution in [0.2, 0.25) is 0 Å². The van der Waals surface area contributed by atoms with E-state index in [-0.39, 0.29) is 13.0 Å². The van der Waals surface area contributed by atoms with Crippen LogP contribution in [0.1, 0.15) is 30.6 Å². The number of hydrogen-bond acceptors (Lipinski definition) is 6. The third-order valence-electron chi connectivity index (χ3n) is 2.84. The third kappa shape index (κ3) is 3.84. The molecule has 0 spiro atoms. The summed E-state index contributed by atoms with van der Waals surface area (Å²) >= 11 is 0. The minimum atomic E-state index is -1.25. The maximum absolute atomic E-state index is 11.3. The van der Waals surface area contributed by atoms with E-state index in [0.717, 1.165) is 0 Å². The minimum Gasteiger partial charge on any atom is -0.466 e. The van der Waals surface area contributed by atoms with Crippen molar-refractivity contribution in [1.82, 2.24) is 0 Å². The molecule has 6 heteroatoms. The Hall–Kier alpha value is -1.79. The van der Waals surface area contributed by atoms with Gasteiger partial charge in [0.15, 0.2) is 0 Å². The van der Waals surface area contributed by atoms with Gasteiger partial charge in [0.2, 0.25) is 0 Å². The van der Waals surface area contributed by atoms with Gasteiger partial charge in [-0.3, -0.25) is 4.79 Å². The Kier molecular flexibility index (Phi) is 5.14. The molecule has 0 aromatic heterocycles. The lowest BCUT2D eigenvalue weighted by Crippen LogP contribution is -2.24. The summed E-state index contributed by atoms with van der Waals surface area (Å²) in [5.74, 6) is -0.560. The number of aliphatic hydroxyl groups is 2. The molecular formula is C13H20N2O4. The van der Waals surface area contributed by atoms with Crippen LogP contribution < -0.4 is 11.5 Å². The summed E-state index contributed by atoms with van der Waals surface area (Å²) in [6, 6.07) is 3.12. The Morgan fingerprint density at radius 2 is 1.89 bits per heavy atom. The number of hydrogen-bond donors (Lipinski definition) is 4. The van der Waals surface area contributed by atoms with Crippen molar-refractivity contribution in [3.05, 3.63) is 23.3 Å². The maximum Gasteiger partial charge on any atom is 0.308 e. The van der Waals surface area contributed by atoms with Gasteiger partial charge in [-0.15, -0.1) is 0 Å². The van der Waals surface area contributed by atoms with Crippen LogP contribution in [0.15, 0.2) is 12.1 Å². The van der Waals surface area contributed by atoms with E-state index in [1.165, 1.54) is 6.07 Å². The van der Waals surface area contributed by atoms with Gasteiger partial charge in [-0.25, -0.2) is 0 Å². The summed E-state index contributed by atoms with van der Waals surface area (Å²) in [4.78, 5) is 11.3. The number of benzene rings is 1. The second-order valence-electron chi connectivity index (χ2n) is 4.36. The molecule has 106 valence electrons. The predicted octanol–water partition coefficient (Wildman–Crippen LogP) is 0.507. The first-order valence-corrected chi connectivity index (χ1v) is 6.04. The second-order valence-corrected chi connectivity index (χ2v) is 4.36. The fraction of sp³-hybridized carbons (Fsp3) is 0.462. The third-order valence-corrected chi connectivity index (χ3v) is 2.84. The molecule has 2 unspecified atom stereocenters. The molecule has 6 N–H and O–H groups in total. The summed E-state index contributed by atoms with van der Waals surface area (Å²) < 4.78 is 4.72. The van der Waals surface area contributed by atoms with Crippen LogP contribution >= 0.6 is 0 Å². The van der Waals surface area contributed by atoms with Gasteiger partial charge >= 0.3 is 5.97 Å². The van der Waals surface area contributed by atoms with E-state index in [0.29, 0.717) is 22.5 Å². The predicted molar refractivity (Wildman–Crippen MR) is 72.2 cm³/mol.